The zero-order chi connectivity index (χ0) is 13.9. The summed E-state index contributed by atoms with van der Waals surface area (Å²) < 4.78 is 0. The number of nitrogens with two attached hydrogens (primary N) is 1. The Morgan fingerprint density at radius 1 is 1.00 bits per heavy atom. The zero-order valence-corrected chi connectivity index (χ0v) is 11.8. The van der Waals surface area contributed by atoms with E-state index in [4.69, 9.17) is 17.3 Å². The third-order valence-corrected chi connectivity index (χ3v) is 3.63. The lowest BCUT2D eigenvalue weighted by Gasteiger charge is -2.36. The number of nitrogen functional groups attached to an aromatic ring is 1. The van der Waals surface area contributed by atoms with Crippen molar-refractivity contribution in [1.82, 2.24) is 9.97 Å². The second kappa shape index (κ2) is 5.54. The Hall–Kier alpha value is -2.01. The number of hydrogen-bond acceptors (Lipinski definition) is 5. The molecule has 1 aromatic carbocycles. The van der Waals surface area contributed by atoms with Crippen LogP contribution in [0.3, 0.4) is 0 Å². The highest BCUT2D eigenvalue weighted by molar-refractivity contribution is 6.30. The molecule has 2 aromatic rings. The molecule has 0 bridgehead atoms. The normalized spacial score (nSPS) is 15.4. The van der Waals surface area contributed by atoms with Crippen LogP contribution in [0.5, 0.6) is 0 Å². The van der Waals surface area contributed by atoms with E-state index in [1.807, 2.05) is 18.2 Å². The lowest BCUT2D eigenvalue weighted by Crippen LogP contribution is -2.47. The van der Waals surface area contributed by atoms with Gasteiger partial charge in [0.05, 0.1) is 18.1 Å². The van der Waals surface area contributed by atoms with Crippen molar-refractivity contribution in [1.29, 1.82) is 0 Å². The van der Waals surface area contributed by atoms with Crippen LogP contribution in [0.1, 0.15) is 0 Å². The molecule has 6 heteroatoms. The molecule has 1 aliphatic heterocycles. The van der Waals surface area contributed by atoms with Crippen LogP contribution >= 0.6 is 11.6 Å². The van der Waals surface area contributed by atoms with Gasteiger partial charge < -0.3 is 15.5 Å². The number of piperazine rings is 1. The molecule has 0 radical (unpaired) electrons. The van der Waals surface area contributed by atoms with Gasteiger partial charge in [-0.15, -0.1) is 0 Å². The maximum absolute atomic E-state index is 6.03. The third kappa shape index (κ3) is 2.77. The van der Waals surface area contributed by atoms with Gasteiger partial charge >= 0.3 is 0 Å². The molecule has 0 aliphatic carbocycles. The summed E-state index contributed by atoms with van der Waals surface area (Å²) in [4.78, 5) is 13.0. The van der Waals surface area contributed by atoms with Crippen molar-refractivity contribution in [3.63, 3.8) is 0 Å². The van der Waals surface area contributed by atoms with Crippen LogP contribution in [0.4, 0.5) is 17.3 Å². The number of benzene rings is 1. The molecule has 0 saturated carbocycles. The SMILES string of the molecule is Nc1cnc(N2CCN(c3cccc(Cl)c3)CC2)nc1. The molecular weight excluding hydrogens is 274 g/mol. The number of aromatic nitrogens is 2. The lowest BCUT2D eigenvalue weighted by atomic mass is 10.2. The molecule has 0 unspecified atom stereocenters. The van der Waals surface area contributed by atoms with Crippen molar-refractivity contribution >= 4 is 28.9 Å². The quantitative estimate of drug-likeness (QED) is 0.917. The molecule has 3 rings (SSSR count). The van der Waals surface area contributed by atoms with E-state index in [0.29, 0.717) is 5.69 Å². The second-order valence-corrected chi connectivity index (χ2v) is 5.21. The molecule has 1 aliphatic rings. The summed E-state index contributed by atoms with van der Waals surface area (Å²) in [6.45, 7) is 3.62. The molecule has 0 amide bonds. The number of nitrogens with zero attached hydrogens (tertiary/aromatic N) is 4. The van der Waals surface area contributed by atoms with Gasteiger partial charge in [0, 0.05) is 36.9 Å². The highest BCUT2D eigenvalue weighted by Crippen LogP contribution is 2.21. The second-order valence-electron chi connectivity index (χ2n) is 4.77. The Bertz CT molecular complexity index is 578. The van der Waals surface area contributed by atoms with Crippen LogP contribution < -0.4 is 15.5 Å². The molecular formula is C14H16ClN5. The molecule has 1 fully saturated rings. The highest BCUT2D eigenvalue weighted by atomic mass is 35.5. The Kier molecular flexibility index (Phi) is 3.60. The topological polar surface area (TPSA) is 58.3 Å². The van der Waals surface area contributed by atoms with Crippen LogP contribution in [-0.2, 0) is 0 Å². The van der Waals surface area contributed by atoms with Crippen molar-refractivity contribution in [3.05, 3.63) is 41.7 Å². The average molecular weight is 290 g/mol. The zero-order valence-electron chi connectivity index (χ0n) is 11.0. The number of halogens is 1. The summed E-state index contributed by atoms with van der Waals surface area (Å²) in [5.41, 5.74) is 7.36. The Balaban J connectivity index is 1.66. The molecule has 2 heterocycles. The minimum Gasteiger partial charge on any atom is -0.396 e. The van der Waals surface area contributed by atoms with Crippen molar-refractivity contribution in [2.24, 2.45) is 0 Å². The summed E-state index contributed by atoms with van der Waals surface area (Å²) in [5, 5.41) is 0.770. The minimum atomic E-state index is 0.589. The number of anilines is 3. The van der Waals surface area contributed by atoms with E-state index < -0.39 is 0 Å². The van der Waals surface area contributed by atoms with Gasteiger partial charge in [-0.25, -0.2) is 9.97 Å². The monoisotopic (exact) mass is 289 g/mol. The van der Waals surface area contributed by atoms with Gasteiger partial charge in [-0.1, -0.05) is 17.7 Å². The molecule has 1 aromatic heterocycles. The van der Waals surface area contributed by atoms with Gasteiger partial charge in [0.15, 0.2) is 0 Å². The largest absolute Gasteiger partial charge is 0.396 e. The first-order valence-electron chi connectivity index (χ1n) is 6.55. The smallest absolute Gasteiger partial charge is 0.225 e. The van der Waals surface area contributed by atoms with E-state index in [0.717, 1.165) is 42.8 Å². The van der Waals surface area contributed by atoms with E-state index in [2.05, 4.69) is 25.8 Å². The van der Waals surface area contributed by atoms with Gasteiger partial charge in [-0.05, 0) is 18.2 Å². The minimum absolute atomic E-state index is 0.589. The Morgan fingerprint density at radius 2 is 1.65 bits per heavy atom. The van der Waals surface area contributed by atoms with Crippen LogP contribution in [0.25, 0.3) is 0 Å². The van der Waals surface area contributed by atoms with E-state index >= 15 is 0 Å². The fraction of sp³-hybridized carbons (Fsp3) is 0.286. The Morgan fingerprint density at radius 3 is 2.30 bits per heavy atom. The summed E-state index contributed by atoms with van der Waals surface area (Å²) >= 11 is 6.03. The summed E-state index contributed by atoms with van der Waals surface area (Å²) in [7, 11) is 0. The average Bonchev–Trinajstić information content (AvgIpc) is 2.48. The number of rotatable bonds is 2. The fourth-order valence-corrected chi connectivity index (χ4v) is 2.52. The van der Waals surface area contributed by atoms with Crippen LogP contribution in [-0.4, -0.2) is 36.1 Å². The maximum atomic E-state index is 6.03. The van der Waals surface area contributed by atoms with Gasteiger partial charge in [0.2, 0.25) is 5.95 Å². The summed E-state index contributed by atoms with van der Waals surface area (Å²) in [5.74, 6) is 0.741. The van der Waals surface area contributed by atoms with E-state index in [-0.39, 0.29) is 0 Å². The van der Waals surface area contributed by atoms with Gasteiger partial charge in [-0.3, -0.25) is 0 Å². The van der Waals surface area contributed by atoms with Crippen molar-refractivity contribution in [2.75, 3.05) is 41.7 Å². The first-order valence-corrected chi connectivity index (χ1v) is 6.93. The highest BCUT2D eigenvalue weighted by Gasteiger charge is 2.19. The molecule has 0 spiro atoms. The lowest BCUT2D eigenvalue weighted by molar-refractivity contribution is 0.640. The maximum Gasteiger partial charge on any atom is 0.225 e. The summed E-state index contributed by atoms with van der Waals surface area (Å²) in [6.07, 6.45) is 3.29. The van der Waals surface area contributed by atoms with Crippen LogP contribution in [0, 0.1) is 0 Å². The standard InChI is InChI=1S/C14H16ClN5/c15-11-2-1-3-13(8-11)19-4-6-20(7-5-19)14-17-9-12(16)10-18-14/h1-3,8-10H,4-7,16H2. The predicted octanol–water partition coefficient (Wildman–Crippen LogP) is 2.04. The predicted molar refractivity (Wildman–Crippen MR) is 82.3 cm³/mol. The molecule has 2 N–H and O–H groups in total. The molecule has 5 nitrogen and oxygen atoms in total. The van der Waals surface area contributed by atoms with E-state index in [9.17, 15) is 0 Å². The molecule has 0 atom stereocenters. The fourth-order valence-electron chi connectivity index (χ4n) is 2.33. The third-order valence-electron chi connectivity index (χ3n) is 3.39. The van der Waals surface area contributed by atoms with Gasteiger partial charge in [0.25, 0.3) is 0 Å². The van der Waals surface area contributed by atoms with Crippen molar-refractivity contribution in [2.45, 2.75) is 0 Å². The molecule has 104 valence electrons. The van der Waals surface area contributed by atoms with E-state index in [1.165, 1.54) is 0 Å². The van der Waals surface area contributed by atoms with Gasteiger partial charge in [-0.2, -0.15) is 0 Å². The summed E-state index contributed by atoms with van der Waals surface area (Å²) in [6, 6.07) is 7.95. The van der Waals surface area contributed by atoms with Crippen molar-refractivity contribution in [3.8, 4) is 0 Å². The first kappa shape index (κ1) is 13.0. The number of hydrogen-bond donors (Lipinski definition) is 1. The first-order chi connectivity index (χ1) is 9.72. The van der Waals surface area contributed by atoms with E-state index in [1.54, 1.807) is 12.4 Å². The van der Waals surface area contributed by atoms with Crippen molar-refractivity contribution < 1.29 is 0 Å². The van der Waals surface area contributed by atoms with Crippen LogP contribution in [0.15, 0.2) is 36.7 Å². The van der Waals surface area contributed by atoms with Crippen LogP contribution in [0.2, 0.25) is 5.02 Å². The molecule has 1 saturated heterocycles. The van der Waals surface area contributed by atoms with Gasteiger partial charge in [0.1, 0.15) is 0 Å². The molecule has 20 heavy (non-hydrogen) atoms. The Labute approximate surface area is 123 Å².